The second-order valence-electron chi connectivity index (χ2n) is 8.02. The van der Waals surface area contributed by atoms with Gasteiger partial charge in [-0.3, -0.25) is 0 Å². The number of carbonyl (C=O) groups is 1. The molecule has 3 rings (SSSR count). The summed E-state index contributed by atoms with van der Waals surface area (Å²) in [5, 5.41) is 6.90. The molecule has 30 heavy (non-hydrogen) atoms. The molecule has 1 fully saturated rings. The van der Waals surface area contributed by atoms with E-state index in [0.29, 0.717) is 19.8 Å². The van der Waals surface area contributed by atoms with Crippen LogP contribution in [0.3, 0.4) is 0 Å². The quantitative estimate of drug-likeness (QED) is 0.575. The number of rotatable bonds is 9. The van der Waals surface area contributed by atoms with Gasteiger partial charge in [-0.25, -0.2) is 9.78 Å². The van der Waals surface area contributed by atoms with Crippen LogP contribution in [0, 0.1) is 6.92 Å². The predicted octanol–water partition coefficient (Wildman–Crippen LogP) is 4.87. The number of carbonyl (C=O) groups excluding carboxylic acids is 1. The largest absolute Gasteiger partial charge is 0.493 e. The predicted molar refractivity (Wildman–Crippen MR) is 120 cm³/mol. The Morgan fingerprint density at radius 1 is 1.17 bits per heavy atom. The number of aromatic nitrogens is 1. The zero-order chi connectivity index (χ0) is 21.3. The number of unbranched alkanes of at least 4 members (excludes halogenated alkanes) is 1. The first-order valence-corrected chi connectivity index (χ1v) is 11.3. The van der Waals surface area contributed by atoms with Crippen LogP contribution in [0.15, 0.2) is 24.3 Å². The Morgan fingerprint density at radius 3 is 2.67 bits per heavy atom. The summed E-state index contributed by atoms with van der Waals surface area (Å²) >= 11 is 0. The number of fused-ring (bicyclic) bond motifs is 1. The van der Waals surface area contributed by atoms with Gasteiger partial charge in [0.05, 0.1) is 30.5 Å². The lowest BCUT2D eigenvalue weighted by atomic mass is 9.93. The van der Waals surface area contributed by atoms with Crippen LogP contribution >= 0.6 is 0 Å². The summed E-state index contributed by atoms with van der Waals surface area (Å²) in [5.74, 6) is 0.933. The minimum Gasteiger partial charge on any atom is -0.493 e. The Labute approximate surface area is 179 Å². The number of amides is 2. The van der Waals surface area contributed by atoms with Crippen molar-refractivity contribution in [3.8, 4) is 5.75 Å². The molecule has 164 valence electrons. The molecular formula is C24H35N3O3. The molecular weight excluding hydrogens is 378 g/mol. The Bertz CT molecular complexity index is 832. The van der Waals surface area contributed by atoms with Crippen molar-refractivity contribution in [2.24, 2.45) is 0 Å². The van der Waals surface area contributed by atoms with Crippen LogP contribution in [-0.2, 0) is 11.3 Å². The van der Waals surface area contributed by atoms with Gasteiger partial charge < -0.3 is 20.1 Å². The van der Waals surface area contributed by atoms with Crippen LogP contribution in [0.25, 0.3) is 10.9 Å². The fraction of sp³-hybridized carbons (Fsp3) is 0.583. The Morgan fingerprint density at radius 2 is 1.93 bits per heavy atom. The molecule has 0 unspecified atom stereocenters. The number of benzene rings is 1. The molecule has 1 aliphatic carbocycles. The van der Waals surface area contributed by atoms with Gasteiger partial charge in [-0.2, -0.15) is 0 Å². The van der Waals surface area contributed by atoms with E-state index >= 15 is 0 Å². The van der Waals surface area contributed by atoms with Gasteiger partial charge in [-0.05, 0) is 58.1 Å². The van der Waals surface area contributed by atoms with Gasteiger partial charge in [0, 0.05) is 23.5 Å². The molecule has 1 aromatic carbocycles. The second-order valence-corrected chi connectivity index (χ2v) is 8.02. The lowest BCUT2D eigenvalue weighted by Crippen LogP contribution is -2.44. The maximum Gasteiger partial charge on any atom is 0.314 e. The summed E-state index contributed by atoms with van der Waals surface area (Å²) in [6.45, 7) is 8.02. The normalized spacial score (nSPS) is 18.9. The van der Waals surface area contributed by atoms with E-state index in [1.54, 1.807) is 0 Å². The van der Waals surface area contributed by atoms with E-state index in [4.69, 9.17) is 14.5 Å². The van der Waals surface area contributed by atoms with Crippen LogP contribution in [-0.4, -0.2) is 36.3 Å². The second kappa shape index (κ2) is 11.2. The van der Waals surface area contributed by atoms with Crippen molar-refractivity contribution in [1.82, 2.24) is 15.6 Å². The number of hydrogen-bond acceptors (Lipinski definition) is 4. The number of nitrogens with one attached hydrogen (secondary N) is 2. The minimum atomic E-state index is -0.0755. The van der Waals surface area contributed by atoms with E-state index in [0.717, 1.165) is 66.4 Å². The van der Waals surface area contributed by atoms with Gasteiger partial charge in [-0.15, -0.1) is 0 Å². The molecule has 1 saturated carbocycles. The molecule has 2 N–H and O–H groups in total. The van der Waals surface area contributed by atoms with Gasteiger partial charge in [0.15, 0.2) is 0 Å². The lowest BCUT2D eigenvalue weighted by molar-refractivity contribution is 0.0103. The topological polar surface area (TPSA) is 72.5 Å². The summed E-state index contributed by atoms with van der Waals surface area (Å²) in [6, 6.07) is 8.30. The smallest absolute Gasteiger partial charge is 0.314 e. The van der Waals surface area contributed by atoms with E-state index < -0.39 is 0 Å². The highest BCUT2D eigenvalue weighted by atomic mass is 16.5. The van der Waals surface area contributed by atoms with Crippen LogP contribution in [0.2, 0.25) is 0 Å². The molecule has 1 aromatic heterocycles. The first kappa shape index (κ1) is 22.3. The van der Waals surface area contributed by atoms with Gasteiger partial charge in [0.25, 0.3) is 0 Å². The molecule has 2 amide bonds. The van der Waals surface area contributed by atoms with Crippen molar-refractivity contribution >= 4 is 16.9 Å². The van der Waals surface area contributed by atoms with Crippen molar-refractivity contribution in [3.05, 3.63) is 35.5 Å². The maximum absolute atomic E-state index is 11.7. The SMILES string of the molecule is CCCCOc1c(C)c(COC2CCC(NC(=O)NCC)CC2)nc2ccccc12. The highest BCUT2D eigenvalue weighted by Crippen LogP contribution is 2.31. The summed E-state index contributed by atoms with van der Waals surface area (Å²) in [5.41, 5.74) is 2.96. The average Bonchev–Trinajstić information content (AvgIpc) is 2.75. The molecule has 2 aromatic rings. The molecule has 6 nitrogen and oxygen atoms in total. The van der Waals surface area contributed by atoms with Crippen molar-refractivity contribution in [2.45, 2.75) is 78.0 Å². The van der Waals surface area contributed by atoms with E-state index in [-0.39, 0.29) is 18.2 Å². The van der Waals surface area contributed by atoms with Crippen molar-refractivity contribution < 1.29 is 14.3 Å². The monoisotopic (exact) mass is 413 g/mol. The van der Waals surface area contributed by atoms with Crippen LogP contribution in [0.4, 0.5) is 4.79 Å². The van der Waals surface area contributed by atoms with Crippen LogP contribution in [0.5, 0.6) is 5.75 Å². The van der Waals surface area contributed by atoms with E-state index in [9.17, 15) is 4.79 Å². The molecule has 0 atom stereocenters. The van der Waals surface area contributed by atoms with Gasteiger partial charge in [0.2, 0.25) is 0 Å². The molecule has 0 saturated heterocycles. The van der Waals surface area contributed by atoms with E-state index in [1.807, 2.05) is 25.1 Å². The molecule has 1 heterocycles. The summed E-state index contributed by atoms with van der Waals surface area (Å²) in [7, 11) is 0. The molecule has 0 spiro atoms. The van der Waals surface area contributed by atoms with E-state index in [1.165, 1.54) is 0 Å². The highest BCUT2D eigenvalue weighted by molar-refractivity contribution is 5.86. The van der Waals surface area contributed by atoms with Crippen LogP contribution in [0.1, 0.15) is 63.6 Å². The summed E-state index contributed by atoms with van der Waals surface area (Å²) < 4.78 is 12.4. The first-order valence-electron chi connectivity index (χ1n) is 11.3. The van der Waals surface area contributed by atoms with Crippen LogP contribution < -0.4 is 15.4 Å². The third-order valence-corrected chi connectivity index (χ3v) is 5.72. The minimum absolute atomic E-state index is 0.0755. The van der Waals surface area contributed by atoms with Gasteiger partial charge >= 0.3 is 6.03 Å². The molecule has 6 heteroatoms. The van der Waals surface area contributed by atoms with Crippen molar-refractivity contribution in [3.63, 3.8) is 0 Å². The zero-order valence-electron chi connectivity index (χ0n) is 18.5. The number of urea groups is 1. The van der Waals surface area contributed by atoms with E-state index in [2.05, 4.69) is 30.5 Å². The van der Waals surface area contributed by atoms with Gasteiger partial charge in [0.1, 0.15) is 5.75 Å². The Kier molecular flexibility index (Phi) is 8.31. The maximum atomic E-state index is 11.7. The first-order chi connectivity index (χ1) is 14.6. The lowest BCUT2D eigenvalue weighted by Gasteiger charge is -2.29. The summed E-state index contributed by atoms with van der Waals surface area (Å²) in [6.07, 6.45) is 6.13. The van der Waals surface area contributed by atoms with Gasteiger partial charge in [-0.1, -0.05) is 25.5 Å². The zero-order valence-corrected chi connectivity index (χ0v) is 18.5. The highest BCUT2D eigenvalue weighted by Gasteiger charge is 2.23. The Balaban J connectivity index is 1.61. The summed E-state index contributed by atoms with van der Waals surface area (Å²) in [4.78, 5) is 16.6. The molecule has 0 radical (unpaired) electrons. The number of pyridine rings is 1. The van der Waals surface area contributed by atoms with Crippen molar-refractivity contribution in [1.29, 1.82) is 0 Å². The fourth-order valence-electron chi connectivity index (χ4n) is 3.94. The number of hydrogen-bond donors (Lipinski definition) is 2. The molecule has 0 bridgehead atoms. The van der Waals surface area contributed by atoms with Crippen molar-refractivity contribution in [2.75, 3.05) is 13.2 Å². The average molecular weight is 414 g/mol. The fourth-order valence-corrected chi connectivity index (χ4v) is 3.94. The third kappa shape index (κ3) is 5.85. The number of ether oxygens (including phenoxy) is 2. The number of nitrogens with zero attached hydrogens (tertiary/aromatic N) is 1. The Hall–Kier alpha value is -2.34. The molecule has 1 aliphatic rings. The third-order valence-electron chi connectivity index (χ3n) is 5.72. The number of para-hydroxylation sites is 1. The molecule has 0 aliphatic heterocycles. The standard InChI is InChI=1S/C24H35N3O3/c1-4-6-15-29-23-17(3)22(27-21-10-8-7-9-20(21)23)16-30-19-13-11-18(12-14-19)26-24(28)25-5-2/h7-10,18-19H,4-6,11-16H2,1-3H3,(H2,25,26,28).